The number of carboxylic acids is 1. The lowest BCUT2D eigenvalue weighted by Crippen LogP contribution is -2.18. The second kappa shape index (κ2) is 16.1. The molecule has 0 saturated carbocycles. The maximum absolute atomic E-state index is 10.4. The summed E-state index contributed by atoms with van der Waals surface area (Å²) >= 11 is 6.09. The van der Waals surface area contributed by atoms with Crippen LogP contribution in [0.15, 0.2) is 48.6 Å². The summed E-state index contributed by atoms with van der Waals surface area (Å²) in [6.45, 7) is 2.08. The lowest BCUT2D eigenvalue weighted by molar-refractivity contribution is -0.137. The number of allylic oxidation sites excluding steroid dienone is 4. The number of unbranched alkanes of at least 4 members (excludes halogenated alkanes) is 1. The van der Waals surface area contributed by atoms with Crippen LogP contribution in [0.2, 0.25) is 0 Å². The molecular weight excluding hydrogens is 340 g/mol. The van der Waals surface area contributed by atoms with Crippen molar-refractivity contribution in [3.63, 3.8) is 0 Å². The van der Waals surface area contributed by atoms with Crippen LogP contribution in [-0.4, -0.2) is 38.9 Å². The molecule has 0 aliphatic carbocycles. The molecule has 0 aromatic rings. The van der Waals surface area contributed by atoms with Crippen molar-refractivity contribution in [2.45, 2.75) is 69.5 Å². The van der Waals surface area contributed by atoms with E-state index in [0.29, 0.717) is 25.7 Å². The largest absolute Gasteiger partial charge is 0.481 e. The average Bonchev–Trinajstić information content (AvgIpc) is 2.58. The Morgan fingerprint density at radius 2 is 1.68 bits per heavy atom. The third kappa shape index (κ3) is 15.9. The summed E-state index contributed by atoms with van der Waals surface area (Å²) in [6, 6.07) is 0. The molecule has 3 N–H and O–H groups in total. The molecule has 0 aromatic heterocycles. The molecule has 0 heterocycles. The van der Waals surface area contributed by atoms with Gasteiger partial charge >= 0.3 is 5.97 Å². The summed E-state index contributed by atoms with van der Waals surface area (Å²) in [4.78, 5) is 10.4. The minimum absolute atomic E-state index is 0.148. The summed E-state index contributed by atoms with van der Waals surface area (Å²) in [5.41, 5.74) is 0. The minimum Gasteiger partial charge on any atom is -0.481 e. The van der Waals surface area contributed by atoms with E-state index in [-0.39, 0.29) is 6.42 Å². The maximum atomic E-state index is 10.4. The van der Waals surface area contributed by atoms with Gasteiger partial charge in [0.25, 0.3) is 0 Å². The van der Waals surface area contributed by atoms with Gasteiger partial charge in [0, 0.05) is 6.42 Å². The van der Waals surface area contributed by atoms with Crippen LogP contribution in [0, 0.1) is 0 Å². The van der Waals surface area contributed by atoms with E-state index in [1.54, 1.807) is 18.2 Å². The highest BCUT2D eigenvalue weighted by molar-refractivity contribution is 6.22. The molecule has 25 heavy (non-hydrogen) atoms. The third-order valence-electron chi connectivity index (χ3n) is 3.41. The number of aliphatic hydroxyl groups excluding tert-OH is 2. The monoisotopic (exact) mass is 370 g/mol. The summed E-state index contributed by atoms with van der Waals surface area (Å²) in [5.74, 6) is -0.801. The Morgan fingerprint density at radius 3 is 2.36 bits per heavy atom. The predicted molar refractivity (Wildman–Crippen MR) is 104 cm³/mol. The number of aliphatic hydroxyl groups is 2. The Hall–Kier alpha value is -1.36. The van der Waals surface area contributed by atoms with Crippen LogP contribution in [0.4, 0.5) is 0 Å². The molecule has 0 amide bonds. The molecule has 3 atom stereocenters. The number of alkyl halides is 1. The number of aliphatic carboxylic acids is 1. The smallest absolute Gasteiger partial charge is 0.303 e. The first-order valence-corrected chi connectivity index (χ1v) is 9.26. The molecule has 3 unspecified atom stereocenters. The van der Waals surface area contributed by atoms with Crippen molar-refractivity contribution in [3.05, 3.63) is 48.6 Å². The van der Waals surface area contributed by atoms with Crippen LogP contribution >= 0.6 is 11.6 Å². The zero-order chi connectivity index (χ0) is 18.9. The molecular formula is C20H31ClO4. The molecule has 0 aliphatic heterocycles. The normalized spacial score (nSPS) is 16.3. The van der Waals surface area contributed by atoms with Crippen molar-refractivity contribution in [3.8, 4) is 0 Å². The number of halogens is 1. The van der Waals surface area contributed by atoms with Crippen LogP contribution < -0.4 is 0 Å². The van der Waals surface area contributed by atoms with Gasteiger partial charge in [0.1, 0.15) is 0 Å². The summed E-state index contributed by atoms with van der Waals surface area (Å²) < 4.78 is 0. The van der Waals surface area contributed by atoms with Gasteiger partial charge in [-0.3, -0.25) is 4.79 Å². The van der Waals surface area contributed by atoms with Gasteiger partial charge in [-0.25, -0.2) is 0 Å². The zero-order valence-electron chi connectivity index (χ0n) is 14.9. The highest BCUT2D eigenvalue weighted by atomic mass is 35.5. The van der Waals surface area contributed by atoms with Crippen LogP contribution in [-0.2, 0) is 4.79 Å². The van der Waals surface area contributed by atoms with Crippen LogP contribution in [0.3, 0.4) is 0 Å². The highest BCUT2D eigenvalue weighted by Crippen LogP contribution is 2.11. The van der Waals surface area contributed by atoms with E-state index in [2.05, 4.69) is 19.1 Å². The second-order valence-electron chi connectivity index (χ2n) is 5.78. The average molecular weight is 371 g/mol. The van der Waals surface area contributed by atoms with Crippen molar-refractivity contribution < 1.29 is 20.1 Å². The SMILES string of the molecule is CC/C=C\C/C=C\CC(O)/C=C\C(Cl)C(O)C/C=C\CCCC(=O)O. The lowest BCUT2D eigenvalue weighted by atomic mass is 10.1. The van der Waals surface area contributed by atoms with Crippen LogP contribution in [0.1, 0.15) is 51.9 Å². The standard InChI is InChI=1S/C20H31ClO4/c1-2-3-4-5-6-9-12-17(22)15-16-18(21)19(23)13-10-7-8-11-14-20(24)25/h3-4,6-7,9-10,15-19,22-23H,2,5,8,11-14H2,1H3,(H,24,25)/b4-3-,9-6-,10-7-,16-15-. The fourth-order valence-electron chi connectivity index (χ4n) is 1.97. The first-order chi connectivity index (χ1) is 12.0. The quantitative estimate of drug-likeness (QED) is 0.241. The Morgan fingerprint density at radius 1 is 1.00 bits per heavy atom. The molecule has 0 aromatic carbocycles. The fourth-order valence-corrected chi connectivity index (χ4v) is 2.16. The Balaban J connectivity index is 3.97. The maximum Gasteiger partial charge on any atom is 0.303 e. The lowest BCUT2D eigenvalue weighted by Gasteiger charge is -2.12. The Bertz CT molecular complexity index is 455. The number of rotatable bonds is 14. The van der Waals surface area contributed by atoms with E-state index in [9.17, 15) is 15.0 Å². The number of hydrogen-bond donors (Lipinski definition) is 3. The summed E-state index contributed by atoms with van der Waals surface area (Å²) in [6.07, 6.45) is 17.8. The predicted octanol–water partition coefficient (Wildman–Crippen LogP) is 4.38. The van der Waals surface area contributed by atoms with Crippen molar-refractivity contribution in [2.75, 3.05) is 0 Å². The number of carboxylic acid groups (broad SMARTS) is 1. The van der Waals surface area contributed by atoms with Crippen molar-refractivity contribution in [1.82, 2.24) is 0 Å². The van der Waals surface area contributed by atoms with Crippen LogP contribution in [0.25, 0.3) is 0 Å². The number of carbonyl (C=O) groups is 1. The van der Waals surface area contributed by atoms with Gasteiger partial charge in [-0.05, 0) is 38.5 Å². The molecule has 5 heteroatoms. The molecule has 0 radical (unpaired) electrons. The summed E-state index contributed by atoms with van der Waals surface area (Å²) in [7, 11) is 0. The van der Waals surface area contributed by atoms with E-state index < -0.39 is 23.6 Å². The van der Waals surface area contributed by atoms with Gasteiger partial charge in [0.05, 0.1) is 17.6 Å². The Labute approximate surface area is 156 Å². The van der Waals surface area contributed by atoms with Gasteiger partial charge in [-0.15, -0.1) is 11.6 Å². The number of hydrogen-bond acceptors (Lipinski definition) is 3. The van der Waals surface area contributed by atoms with E-state index in [4.69, 9.17) is 16.7 Å². The van der Waals surface area contributed by atoms with Gasteiger partial charge in [-0.2, -0.15) is 0 Å². The molecule has 0 saturated heterocycles. The summed E-state index contributed by atoms with van der Waals surface area (Å²) in [5, 5.41) is 27.7. The topological polar surface area (TPSA) is 77.8 Å². The molecule has 0 spiro atoms. The van der Waals surface area contributed by atoms with E-state index in [1.807, 2.05) is 18.2 Å². The molecule has 4 nitrogen and oxygen atoms in total. The van der Waals surface area contributed by atoms with Gasteiger partial charge < -0.3 is 15.3 Å². The first kappa shape index (κ1) is 23.6. The third-order valence-corrected chi connectivity index (χ3v) is 3.85. The van der Waals surface area contributed by atoms with E-state index in [0.717, 1.165) is 12.8 Å². The molecule has 0 rings (SSSR count). The van der Waals surface area contributed by atoms with Gasteiger partial charge in [0.2, 0.25) is 0 Å². The van der Waals surface area contributed by atoms with Crippen molar-refractivity contribution >= 4 is 17.6 Å². The minimum atomic E-state index is -0.801. The zero-order valence-corrected chi connectivity index (χ0v) is 15.7. The van der Waals surface area contributed by atoms with E-state index in [1.165, 1.54) is 0 Å². The van der Waals surface area contributed by atoms with Gasteiger partial charge in [-0.1, -0.05) is 55.5 Å². The van der Waals surface area contributed by atoms with Crippen LogP contribution in [0.5, 0.6) is 0 Å². The molecule has 0 fully saturated rings. The second-order valence-corrected chi connectivity index (χ2v) is 6.28. The Kier molecular flexibility index (Phi) is 15.2. The highest BCUT2D eigenvalue weighted by Gasteiger charge is 2.12. The molecule has 142 valence electrons. The van der Waals surface area contributed by atoms with Crippen molar-refractivity contribution in [1.29, 1.82) is 0 Å². The molecule has 0 aliphatic rings. The van der Waals surface area contributed by atoms with Crippen molar-refractivity contribution in [2.24, 2.45) is 0 Å². The van der Waals surface area contributed by atoms with E-state index >= 15 is 0 Å². The first-order valence-electron chi connectivity index (χ1n) is 8.82. The molecule has 0 bridgehead atoms. The van der Waals surface area contributed by atoms with Gasteiger partial charge in [0.15, 0.2) is 0 Å². The fraction of sp³-hybridized carbons (Fsp3) is 0.550.